The lowest BCUT2D eigenvalue weighted by molar-refractivity contribution is -0.122. The Kier molecular flexibility index (Phi) is 6.29. The molecule has 4 heteroatoms. The smallest absolute Gasteiger partial charge is 0.236 e. The van der Waals surface area contributed by atoms with Gasteiger partial charge in [-0.2, -0.15) is 0 Å². The number of nitrogens with two attached hydrogens (primary N) is 1. The third-order valence-corrected chi connectivity index (χ3v) is 2.43. The first-order valence-corrected chi connectivity index (χ1v) is 5.89. The first-order valence-electron chi connectivity index (χ1n) is 5.89. The van der Waals surface area contributed by atoms with Crippen LogP contribution < -0.4 is 11.1 Å². The maximum Gasteiger partial charge on any atom is 0.236 e. The first-order chi connectivity index (χ1) is 8.24. The number of carbonyl (C=O) groups excluding carboxylic acids is 1. The minimum absolute atomic E-state index is 0.115. The summed E-state index contributed by atoms with van der Waals surface area (Å²) < 4.78 is 5.43. The highest BCUT2D eigenvalue weighted by Crippen LogP contribution is 1.99. The molecular formula is C13H20N2O2. The molecule has 0 bridgehead atoms. The van der Waals surface area contributed by atoms with Crippen molar-refractivity contribution in [3.8, 4) is 0 Å². The van der Waals surface area contributed by atoms with E-state index in [1.165, 1.54) is 0 Å². The van der Waals surface area contributed by atoms with Crippen molar-refractivity contribution < 1.29 is 9.53 Å². The third kappa shape index (κ3) is 5.47. The van der Waals surface area contributed by atoms with Gasteiger partial charge in [-0.15, -0.1) is 0 Å². The van der Waals surface area contributed by atoms with E-state index < -0.39 is 6.04 Å². The van der Waals surface area contributed by atoms with E-state index in [0.29, 0.717) is 26.2 Å². The summed E-state index contributed by atoms with van der Waals surface area (Å²) in [5.41, 5.74) is 6.70. The molecule has 1 aromatic carbocycles. The monoisotopic (exact) mass is 236 g/mol. The minimum atomic E-state index is -0.413. The fourth-order valence-electron chi connectivity index (χ4n) is 1.33. The number of amides is 1. The van der Waals surface area contributed by atoms with Crippen molar-refractivity contribution in [2.45, 2.75) is 26.0 Å². The van der Waals surface area contributed by atoms with Crippen LogP contribution in [0.15, 0.2) is 30.3 Å². The molecule has 1 rings (SSSR count). The van der Waals surface area contributed by atoms with Gasteiger partial charge in [0.15, 0.2) is 0 Å². The van der Waals surface area contributed by atoms with Crippen molar-refractivity contribution in [2.24, 2.45) is 5.73 Å². The maximum atomic E-state index is 11.3. The molecule has 0 aliphatic rings. The van der Waals surface area contributed by atoms with E-state index >= 15 is 0 Å². The van der Waals surface area contributed by atoms with Crippen molar-refractivity contribution in [1.82, 2.24) is 5.32 Å². The molecule has 17 heavy (non-hydrogen) atoms. The molecule has 0 aliphatic heterocycles. The van der Waals surface area contributed by atoms with Gasteiger partial charge in [0.25, 0.3) is 0 Å². The summed E-state index contributed by atoms with van der Waals surface area (Å²) in [4.78, 5) is 11.3. The molecule has 94 valence electrons. The average molecular weight is 236 g/mol. The van der Waals surface area contributed by atoms with E-state index in [2.05, 4.69) is 5.32 Å². The van der Waals surface area contributed by atoms with Gasteiger partial charge in [0.05, 0.1) is 19.3 Å². The van der Waals surface area contributed by atoms with Gasteiger partial charge in [0, 0.05) is 6.54 Å². The standard InChI is InChI=1S/C13H20N2O2/c1-2-12(14)13(16)15-8-9-17-10-11-6-4-3-5-7-11/h3-7,12H,2,8-10,14H2,1H3,(H,15,16)/t12-/m1/s1. The molecule has 0 aliphatic carbocycles. The Morgan fingerprint density at radius 3 is 2.76 bits per heavy atom. The number of hydrogen-bond acceptors (Lipinski definition) is 3. The highest BCUT2D eigenvalue weighted by atomic mass is 16.5. The highest BCUT2D eigenvalue weighted by Gasteiger charge is 2.08. The third-order valence-electron chi connectivity index (χ3n) is 2.43. The van der Waals surface area contributed by atoms with Crippen LogP contribution in [0.2, 0.25) is 0 Å². The Bertz CT molecular complexity index is 327. The molecule has 0 unspecified atom stereocenters. The summed E-state index contributed by atoms with van der Waals surface area (Å²) in [5.74, 6) is -0.115. The second-order valence-corrected chi connectivity index (χ2v) is 3.84. The van der Waals surface area contributed by atoms with Crippen LogP contribution in [0.25, 0.3) is 0 Å². The van der Waals surface area contributed by atoms with Gasteiger partial charge < -0.3 is 15.8 Å². The second kappa shape index (κ2) is 7.81. The lowest BCUT2D eigenvalue weighted by Gasteiger charge is -2.10. The van der Waals surface area contributed by atoms with Crippen LogP contribution in [0.1, 0.15) is 18.9 Å². The quantitative estimate of drug-likeness (QED) is 0.696. The largest absolute Gasteiger partial charge is 0.375 e. The average Bonchev–Trinajstić information content (AvgIpc) is 2.38. The van der Waals surface area contributed by atoms with Crippen molar-refractivity contribution in [2.75, 3.05) is 13.2 Å². The summed E-state index contributed by atoms with van der Waals surface area (Å²) in [6.07, 6.45) is 0.650. The number of rotatable bonds is 7. The molecule has 0 spiro atoms. The molecule has 1 atom stereocenters. The fraction of sp³-hybridized carbons (Fsp3) is 0.462. The lowest BCUT2D eigenvalue weighted by Crippen LogP contribution is -2.41. The molecule has 0 heterocycles. The number of benzene rings is 1. The summed E-state index contributed by atoms with van der Waals surface area (Å²) in [6, 6.07) is 9.51. The van der Waals surface area contributed by atoms with Gasteiger partial charge in [-0.25, -0.2) is 0 Å². The van der Waals surface area contributed by atoms with Crippen LogP contribution in [0.3, 0.4) is 0 Å². The number of carbonyl (C=O) groups is 1. The van der Waals surface area contributed by atoms with Gasteiger partial charge in [-0.1, -0.05) is 37.3 Å². The Morgan fingerprint density at radius 2 is 2.12 bits per heavy atom. The second-order valence-electron chi connectivity index (χ2n) is 3.84. The Morgan fingerprint density at radius 1 is 1.41 bits per heavy atom. The summed E-state index contributed by atoms with van der Waals surface area (Å²) in [7, 11) is 0. The van der Waals surface area contributed by atoms with E-state index in [9.17, 15) is 4.79 Å². The van der Waals surface area contributed by atoms with Crippen LogP contribution in [-0.4, -0.2) is 25.1 Å². The first kappa shape index (κ1) is 13.7. The zero-order valence-corrected chi connectivity index (χ0v) is 10.2. The molecule has 4 nitrogen and oxygen atoms in total. The zero-order chi connectivity index (χ0) is 12.5. The summed E-state index contributed by atoms with van der Waals surface area (Å²) in [5, 5.41) is 2.73. The SMILES string of the molecule is CC[C@@H](N)C(=O)NCCOCc1ccccc1. The van der Waals surface area contributed by atoms with E-state index in [0.717, 1.165) is 5.56 Å². The lowest BCUT2D eigenvalue weighted by atomic mass is 10.2. The molecule has 0 saturated heterocycles. The van der Waals surface area contributed by atoms with Crippen molar-refractivity contribution in [1.29, 1.82) is 0 Å². The van der Waals surface area contributed by atoms with Crippen LogP contribution in [0.4, 0.5) is 0 Å². The topological polar surface area (TPSA) is 64.4 Å². The van der Waals surface area contributed by atoms with E-state index in [1.54, 1.807) is 0 Å². The Balaban J connectivity index is 2.07. The zero-order valence-electron chi connectivity index (χ0n) is 10.2. The molecule has 0 fully saturated rings. The molecule has 1 aromatic rings. The number of nitrogens with one attached hydrogen (secondary N) is 1. The van der Waals surface area contributed by atoms with Crippen molar-refractivity contribution in [3.63, 3.8) is 0 Å². The maximum absolute atomic E-state index is 11.3. The van der Waals surface area contributed by atoms with Crippen molar-refractivity contribution in [3.05, 3.63) is 35.9 Å². The van der Waals surface area contributed by atoms with Gasteiger partial charge in [0.1, 0.15) is 0 Å². The summed E-state index contributed by atoms with van der Waals surface area (Å²) >= 11 is 0. The van der Waals surface area contributed by atoms with Crippen LogP contribution in [0.5, 0.6) is 0 Å². The van der Waals surface area contributed by atoms with E-state index in [1.807, 2.05) is 37.3 Å². The minimum Gasteiger partial charge on any atom is -0.375 e. The Labute approximate surface area is 102 Å². The van der Waals surface area contributed by atoms with Crippen LogP contribution in [-0.2, 0) is 16.1 Å². The molecule has 3 N–H and O–H groups in total. The number of ether oxygens (including phenoxy) is 1. The predicted octanol–water partition coefficient (Wildman–Crippen LogP) is 1.06. The van der Waals surface area contributed by atoms with Crippen LogP contribution >= 0.6 is 0 Å². The molecule has 1 amide bonds. The Hall–Kier alpha value is -1.39. The van der Waals surface area contributed by atoms with Gasteiger partial charge in [-0.05, 0) is 12.0 Å². The molecule has 0 aromatic heterocycles. The van der Waals surface area contributed by atoms with Gasteiger partial charge >= 0.3 is 0 Å². The predicted molar refractivity (Wildman–Crippen MR) is 67.4 cm³/mol. The van der Waals surface area contributed by atoms with Gasteiger partial charge in [0.2, 0.25) is 5.91 Å². The highest BCUT2D eigenvalue weighted by molar-refractivity contribution is 5.81. The molecule has 0 radical (unpaired) electrons. The number of hydrogen-bond donors (Lipinski definition) is 2. The van der Waals surface area contributed by atoms with E-state index in [-0.39, 0.29) is 5.91 Å². The van der Waals surface area contributed by atoms with Crippen molar-refractivity contribution >= 4 is 5.91 Å². The fourth-order valence-corrected chi connectivity index (χ4v) is 1.33. The van der Waals surface area contributed by atoms with Crippen LogP contribution in [0, 0.1) is 0 Å². The normalized spacial score (nSPS) is 12.1. The van der Waals surface area contributed by atoms with E-state index in [4.69, 9.17) is 10.5 Å². The van der Waals surface area contributed by atoms with Gasteiger partial charge in [-0.3, -0.25) is 4.79 Å². The molecular weight excluding hydrogens is 216 g/mol. The summed E-state index contributed by atoms with van der Waals surface area (Å²) in [6.45, 7) is 3.45. The molecule has 0 saturated carbocycles.